The molecule has 0 saturated heterocycles. The summed E-state index contributed by atoms with van der Waals surface area (Å²) in [5.41, 5.74) is 4.94. The number of fused-ring (bicyclic) bond motifs is 1. The molecule has 3 aromatic rings. The average molecular weight is 651 g/mol. The van der Waals surface area contributed by atoms with Gasteiger partial charge in [0.05, 0.1) is 5.52 Å². The number of ketones is 1. The number of aliphatic hydroxyl groups is 1. The van der Waals surface area contributed by atoms with Crippen molar-refractivity contribution in [3.05, 3.63) is 77.6 Å². The molecular weight excluding hydrogens is 611 g/mol. The third-order valence-electron chi connectivity index (χ3n) is 5.52. The maximum atomic E-state index is 11.5. The van der Waals surface area contributed by atoms with Crippen molar-refractivity contribution in [2.24, 2.45) is 10.8 Å². The zero-order chi connectivity index (χ0) is 25.9. The molecule has 0 atom stereocenters. The normalized spacial score (nSPS) is 12.5. The van der Waals surface area contributed by atoms with Gasteiger partial charge in [0.2, 0.25) is 0 Å². The third-order valence-corrected chi connectivity index (χ3v) is 5.52. The molecule has 0 spiro atoms. The Balaban J connectivity index is 0.000000383. The Morgan fingerprint density at radius 1 is 0.886 bits per heavy atom. The van der Waals surface area contributed by atoms with Crippen molar-refractivity contribution in [2.75, 3.05) is 0 Å². The van der Waals surface area contributed by atoms with Gasteiger partial charge >= 0.3 is 0 Å². The van der Waals surface area contributed by atoms with Crippen LogP contribution in [0, 0.1) is 23.8 Å². The van der Waals surface area contributed by atoms with E-state index in [1.807, 2.05) is 53.7 Å². The van der Waals surface area contributed by atoms with Crippen molar-refractivity contribution >= 4 is 16.7 Å². The molecule has 3 nitrogen and oxygen atoms in total. The molecule has 191 valence electrons. The maximum Gasteiger partial charge on any atom is 0.164 e. The van der Waals surface area contributed by atoms with Crippen LogP contribution in [-0.4, -0.2) is 15.9 Å². The summed E-state index contributed by atoms with van der Waals surface area (Å²) in [6.07, 6.45) is 1.33. The molecule has 0 fully saturated rings. The molecule has 1 radical (unpaired) electrons. The second-order valence-electron chi connectivity index (χ2n) is 12.0. The van der Waals surface area contributed by atoms with Gasteiger partial charge in [-0.1, -0.05) is 99.6 Å². The Labute approximate surface area is 225 Å². The second-order valence-corrected chi connectivity index (χ2v) is 12.0. The van der Waals surface area contributed by atoms with E-state index in [0.717, 1.165) is 22.3 Å². The number of pyridine rings is 1. The van der Waals surface area contributed by atoms with E-state index in [4.69, 9.17) is 4.98 Å². The largest absolute Gasteiger partial charge is 0.512 e. The number of benzene rings is 2. The first-order valence-corrected chi connectivity index (χ1v) is 11.8. The van der Waals surface area contributed by atoms with E-state index < -0.39 is 5.41 Å². The van der Waals surface area contributed by atoms with Gasteiger partial charge in [0.15, 0.2) is 5.78 Å². The summed E-state index contributed by atoms with van der Waals surface area (Å²) in [5.74, 6) is 0.104. The first-order chi connectivity index (χ1) is 15.5. The van der Waals surface area contributed by atoms with E-state index in [1.54, 1.807) is 0 Å². The number of allylic oxidation sites excluding steroid dienone is 2. The number of para-hydroxylation sites is 1. The maximum absolute atomic E-state index is 11.5. The van der Waals surface area contributed by atoms with Gasteiger partial charge in [-0.3, -0.25) is 9.78 Å². The molecule has 35 heavy (non-hydrogen) atoms. The van der Waals surface area contributed by atoms with Gasteiger partial charge in [-0.2, -0.15) is 0 Å². The number of carbonyl (C=O) groups excluding carboxylic acids is 1. The van der Waals surface area contributed by atoms with Crippen LogP contribution in [0.25, 0.3) is 22.2 Å². The predicted molar refractivity (Wildman–Crippen MR) is 144 cm³/mol. The van der Waals surface area contributed by atoms with E-state index in [0.29, 0.717) is 0 Å². The summed E-state index contributed by atoms with van der Waals surface area (Å²) in [5, 5.41) is 10.7. The van der Waals surface area contributed by atoms with Crippen LogP contribution in [0.4, 0.5) is 0 Å². The first-order valence-electron chi connectivity index (χ1n) is 11.8. The number of nitrogens with zero attached hydrogens (tertiary/aromatic N) is 1. The monoisotopic (exact) mass is 651 g/mol. The summed E-state index contributed by atoms with van der Waals surface area (Å²) in [4.78, 5) is 16.3. The minimum atomic E-state index is -0.417. The number of aryl methyl sites for hydroxylation is 1. The van der Waals surface area contributed by atoms with Crippen molar-refractivity contribution in [3.63, 3.8) is 0 Å². The van der Waals surface area contributed by atoms with Gasteiger partial charge in [-0.15, -0.1) is 34.9 Å². The zero-order valence-electron chi connectivity index (χ0n) is 22.8. The van der Waals surface area contributed by atoms with E-state index >= 15 is 0 Å². The van der Waals surface area contributed by atoms with Crippen molar-refractivity contribution in [1.82, 2.24) is 4.98 Å². The Hall–Kier alpha value is -2.29. The molecule has 2 aromatic carbocycles. The van der Waals surface area contributed by atoms with Crippen LogP contribution in [0.3, 0.4) is 0 Å². The van der Waals surface area contributed by atoms with Crippen LogP contribution in [0.2, 0.25) is 0 Å². The molecule has 0 aliphatic rings. The smallest absolute Gasteiger partial charge is 0.164 e. The van der Waals surface area contributed by atoms with E-state index in [1.165, 1.54) is 17.0 Å². The number of aromatic nitrogens is 1. The fourth-order valence-corrected chi connectivity index (χ4v) is 3.06. The Morgan fingerprint density at radius 3 is 2.03 bits per heavy atom. The first kappa shape index (κ1) is 30.7. The SMILES string of the molecule is CC(C)(C)C(=O)/C=C(\O)C(C)(C)C.Cc1[c-]c(-c2ccc3ccccc3n2)cc(C(C)(C)C)c1.[Ir]. The van der Waals surface area contributed by atoms with Crippen LogP contribution in [0.15, 0.2) is 60.4 Å². The summed E-state index contributed by atoms with van der Waals surface area (Å²) in [7, 11) is 0. The zero-order valence-corrected chi connectivity index (χ0v) is 25.2. The van der Waals surface area contributed by atoms with Gasteiger partial charge in [0.25, 0.3) is 0 Å². The molecule has 3 rings (SSSR count). The molecule has 0 bridgehead atoms. The molecule has 0 aliphatic heterocycles. The van der Waals surface area contributed by atoms with Crippen molar-refractivity contribution < 1.29 is 30.0 Å². The van der Waals surface area contributed by atoms with Crippen LogP contribution >= 0.6 is 0 Å². The molecule has 4 heteroatoms. The minimum absolute atomic E-state index is 0. The molecule has 0 saturated carbocycles. The van der Waals surface area contributed by atoms with Crippen LogP contribution < -0.4 is 0 Å². The molecular formula is C31H40IrNO2-. The van der Waals surface area contributed by atoms with Crippen molar-refractivity contribution in [2.45, 2.75) is 74.7 Å². The Kier molecular flexibility index (Phi) is 10.2. The fourth-order valence-electron chi connectivity index (χ4n) is 3.06. The van der Waals surface area contributed by atoms with Gasteiger partial charge in [0.1, 0.15) is 5.76 Å². The number of carbonyl (C=O) groups is 1. The van der Waals surface area contributed by atoms with Gasteiger partial charge in [-0.25, -0.2) is 0 Å². The molecule has 0 amide bonds. The van der Waals surface area contributed by atoms with Crippen LogP contribution in [0.1, 0.15) is 73.4 Å². The molecule has 0 unspecified atom stereocenters. The number of hydrogen-bond donors (Lipinski definition) is 1. The molecule has 0 aliphatic carbocycles. The molecule has 1 heterocycles. The average Bonchev–Trinajstić information content (AvgIpc) is 2.71. The van der Waals surface area contributed by atoms with E-state index in [2.05, 4.69) is 70.2 Å². The number of aliphatic hydroxyl groups excluding tert-OH is 1. The Morgan fingerprint density at radius 2 is 1.49 bits per heavy atom. The second kappa shape index (κ2) is 11.6. The predicted octanol–water partition coefficient (Wildman–Crippen LogP) is 8.40. The van der Waals surface area contributed by atoms with Gasteiger partial charge in [-0.05, 0) is 22.6 Å². The van der Waals surface area contributed by atoms with Crippen LogP contribution in [-0.2, 0) is 30.3 Å². The number of rotatable bonds is 2. The summed E-state index contributed by atoms with van der Waals surface area (Å²) < 4.78 is 0. The standard InChI is InChI=1S/C20H20N.C11H20O2.Ir/c1-14-11-16(13-17(12-14)20(2,3)4)19-10-9-15-7-5-6-8-18(15)21-19;1-10(2,3)8(12)7-9(13)11(4,5)6;/h5-10,12-13H,1-4H3;7,12H,1-6H3;/q-1;;/b;8-7-;. The topological polar surface area (TPSA) is 50.2 Å². The molecule has 1 aromatic heterocycles. The third kappa shape index (κ3) is 9.02. The van der Waals surface area contributed by atoms with Crippen LogP contribution in [0.5, 0.6) is 0 Å². The number of hydrogen-bond acceptors (Lipinski definition) is 3. The summed E-state index contributed by atoms with van der Waals surface area (Å²) in [6.45, 7) is 19.9. The van der Waals surface area contributed by atoms with Gasteiger partial charge in [0, 0.05) is 37.0 Å². The summed E-state index contributed by atoms with van der Waals surface area (Å²) >= 11 is 0. The molecule has 1 N–H and O–H groups in total. The van der Waals surface area contributed by atoms with E-state index in [-0.39, 0.29) is 42.5 Å². The minimum Gasteiger partial charge on any atom is -0.512 e. The quantitative estimate of drug-likeness (QED) is 0.172. The van der Waals surface area contributed by atoms with E-state index in [9.17, 15) is 9.90 Å². The van der Waals surface area contributed by atoms with Crippen molar-refractivity contribution in [3.8, 4) is 11.3 Å². The fraction of sp³-hybridized carbons (Fsp3) is 0.419. The summed E-state index contributed by atoms with van der Waals surface area (Å²) in [6, 6.07) is 20.3. The Bertz CT molecular complexity index is 1190. The van der Waals surface area contributed by atoms with Gasteiger partial charge < -0.3 is 5.11 Å². The van der Waals surface area contributed by atoms with Crippen molar-refractivity contribution in [1.29, 1.82) is 0 Å².